The van der Waals surface area contributed by atoms with E-state index in [0.717, 1.165) is 48.4 Å². The molecule has 1 N–H and O–H groups in total. The monoisotopic (exact) mass is 455 g/mol. The maximum absolute atomic E-state index is 13.4. The molecule has 5 rings (SSSR count). The summed E-state index contributed by atoms with van der Waals surface area (Å²) < 4.78 is 11.3. The van der Waals surface area contributed by atoms with Crippen molar-refractivity contribution in [2.75, 3.05) is 13.2 Å². The summed E-state index contributed by atoms with van der Waals surface area (Å²) in [6.07, 6.45) is 3.13. The number of rotatable bonds is 5. The lowest BCUT2D eigenvalue weighted by atomic mass is 9.73. The van der Waals surface area contributed by atoms with E-state index in [0.29, 0.717) is 12.0 Å². The Labute approximate surface area is 189 Å². The highest BCUT2D eigenvalue weighted by molar-refractivity contribution is 7.10. The van der Waals surface area contributed by atoms with Crippen LogP contribution in [0.3, 0.4) is 0 Å². The molecule has 4 heterocycles. The predicted octanol–water partition coefficient (Wildman–Crippen LogP) is 4.89. The molecule has 0 spiro atoms. The van der Waals surface area contributed by atoms with Crippen LogP contribution in [0.2, 0.25) is 0 Å². The lowest BCUT2D eigenvalue weighted by molar-refractivity contribution is -0.142. The lowest BCUT2D eigenvalue weighted by Gasteiger charge is -2.36. The molecule has 2 aromatic heterocycles. The number of esters is 1. The van der Waals surface area contributed by atoms with Gasteiger partial charge in [-0.15, -0.1) is 11.3 Å². The Morgan fingerprint density at radius 2 is 2.19 bits per heavy atom. The second-order valence-corrected chi connectivity index (χ2v) is 10.1. The van der Waals surface area contributed by atoms with Crippen molar-refractivity contribution in [3.05, 3.63) is 67.3 Å². The SMILES string of the molecule is CC1=C(C(=O)OCC2CCCO2)[C@@H](c2ccsc2)C2=C(C[C@@H](c3cccs3)CC2=O)N1. The summed E-state index contributed by atoms with van der Waals surface area (Å²) >= 11 is 3.27. The number of nitrogens with one attached hydrogen (secondary N) is 1. The molecule has 0 radical (unpaired) electrons. The van der Waals surface area contributed by atoms with Crippen molar-refractivity contribution in [3.63, 3.8) is 0 Å². The second-order valence-electron chi connectivity index (χ2n) is 8.32. The predicted molar refractivity (Wildman–Crippen MR) is 121 cm³/mol. The van der Waals surface area contributed by atoms with Crippen molar-refractivity contribution in [2.45, 2.75) is 50.5 Å². The van der Waals surface area contributed by atoms with Gasteiger partial charge in [-0.3, -0.25) is 4.79 Å². The van der Waals surface area contributed by atoms with Crippen molar-refractivity contribution >= 4 is 34.4 Å². The van der Waals surface area contributed by atoms with E-state index in [4.69, 9.17) is 9.47 Å². The van der Waals surface area contributed by atoms with Crippen LogP contribution in [-0.2, 0) is 19.1 Å². The van der Waals surface area contributed by atoms with Gasteiger partial charge in [0.25, 0.3) is 0 Å². The first-order valence-corrected chi connectivity index (χ1v) is 12.5. The molecular formula is C24H25NO4S2. The highest BCUT2D eigenvalue weighted by Gasteiger charge is 2.41. The Morgan fingerprint density at radius 3 is 2.90 bits per heavy atom. The van der Waals surface area contributed by atoms with Gasteiger partial charge in [0.15, 0.2) is 5.78 Å². The van der Waals surface area contributed by atoms with Gasteiger partial charge in [-0.25, -0.2) is 4.79 Å². The van der Waals surface area contributed by atoms with Crippen LogP contribution < -0.4 is 5.32 Å². The minimum absolute atomic E-state index is 0.0290. The summed E-state index contributed by atoms with van der Waals surface area (Å²) in [6, 6.07) is 6.14. The Kier molecular flexibility index (Phi) is 5.82. The van der Waals surface area contributed by atoms with E-state index < -0.39 is 0 Å². The van der Waals surface area contributed by atoms with Gasteiger partial charge in [-0.2, -0.15) is 11.3 Å². The zero-order chi connectivity index (χ0) is 21.4. The molecule has 7 heteroatoms. The van der Waals surface area contributed by atoms with Gasteiger partial charge < -0.3 is 14.8 Å². The number of Topliss-reactive ketones (excluding diaryl/α,β-unsaturated/α-hetero) is 1. The third-order valence-corrected chi connectivity index (χ3v) is 8.03. The third-order valence-electron chi connectivity index (χ3n) is 6.29. The van der Waals surface area contributed by atoms with Crippen LogP contribution in [0.1, 0.15) is 54.9 Å². The van der Waals surface area contributed by atoms with E-state index >= 15 is 0 Å². The number of carbonyl (C=O) groups excluding carboxylic acids is 2. The van der Waals surface area contributed by atoms with Crippen LogP contribution in [0.25, 0.3) is 0 Å². The van der Waals surface area contributed by atoms with Gasteiger partial charge in [0, 0.05) is 46.7 Å². The fraction of sp³-hybridized carbons (Fsp3) is 0.417. The molecule has 2 aromatic rings. The Morgan fingerprint density at radius 1 is 1.29 bits per heavy atom. The molecule has 0 aromatic carbocycles. The van der Waals surface area contributed by atoms with E-state index in [2.05, 4.69) is 16.8 Å². The molecule has 1 saturated heterocycles. The summed E-state index contributed by atoms with van der Waals surface area (Å²) in [5.41, 5.74) is 3.95. The van der Waals surface area contributed by atoms with E-state index in [1.165, 1.54) is 4.88 Å². The Balaban J connectivity index is 1.46. The fourth-order valence-corrected chi connectivity index (χ4v) is 6.35. The highest BCUT2D eigenvalue weighted by atomic mass is 32.1. The van der Waals surface area contributed by atoms with Crippen molar-refractivity contribution in [1.29, 1.82) is 0 Å². The maximum Gasteiger partial charge on any atom is 0.336 e. The van der Waals surface area contributed by atoms with Gasteiger partial charge in [-0.05, 0) is 60.0 Å². The maximum atomic E-state index is 13.4. The molecule has 5 nitrogen and oxygen atoms in total. The normalized spacial score (nSPS) is 26.1. The number of allylic oxidation sites excluding steroid dienone is 3. The van der Waals surface area contributed by atoms with Crippen LogP contribution in [0.5, 0.6) is 0 Å². The number of ketones is 1. The first-order valence-electron chi connectivity index (χ1n) is 10.7. The summed E-state index contributed by atoms with van der Waals surface area (Å²) in [4.78, 5) is 27.8. The third kappa shape index (κ3) is 4.02. The van der Waals surface area contributed by atoms with E-state index in [1.54, 1.807) is 22.7 Å². The van der Waals surface area contributed by atoms with Crippen molar-refractivity contribution in [2.24, 2.45) is 0 Å². The molecule has 0 bridgehead atoms. The molecule has 3 aliphatic rings. The van der Waals surface area contributed by atoms with Crippen molar-refractivity contribution in [1.82, 2.24) is 5.32 Å². The highest BCUT2D eigenvalue weighted by Crippen LogP contribution is 2.46. The summed E-state index contributed by atoms with van der Waals surface area (Å²) in [5.74, 6) is -0.448. The van der Waals surface area contributed by atoms with Crippen LogP contribution >= 0.6 is 22.7 Å². The van der Waals surface area contributed by atoms with Gasteiger partial charge in [0.1, 0.15) is 6.61 Å². The number of carbonyl (C=O) groups is 2. The molecule has 162 valence electrons. The molecular weight excluding hydrogens is 430 g/mol. The van der Waals surface area contributed by atoms with E-state index in [1.807, 2.05) is 29.8 Å². The minimum atomic E-state index is -0.378. The molecule has 3 atom stereocenters. The fourth-order valence-electron chi connectivity index (χ4n) is 4.83. The molecule has 0 saturated carbocycles. The molecule has 1 unspecified atom stereocenters. The molecule has 31 heavy (non-hydrogen) atoms. The zero-order valence-corrected chi connectivity index (χ0v) is 19.0. The largest absolute Gasteiger partial charge is 0.459 e. The number of ether oxygens (including phenoxy) is 2. The quantitative estimate of drug-likeness (QED) is 0.650. The van der Waals surface area contributed by atoms with E-state index in [-0.39, 0.29) is 36.3 Å². The van der Waals surface area contributed by atoms with Gasteiger partial charge >= 0.3 is 5.97 Å². The zero-order valence-electron chi connectivity index (χ0n) is 17.4. The summed E-state index contributed by atoms with van der Waals surface area (Å²) in [7, 11) is 0. The smallest absolute Gasteiger partial charge is 0.336 e. The van der Waals surface area contributed by atoms with Crippen LogP contribution in [0.15, 0.2) is 56.9 Å². The van der Waals surface area contributed by atoms with Crippen LogP contribution in [0, 0.1) is 0 Å². The lowest BCUT2D eigenvalue weighted by Crippen LogP contribution is -2.36. The van der Waals surface area contributed by atoms with Gasteiger partial charge in [0.05, 0.1) is 11.7 Å². The first-order chi connectivity index (χ1) is 15.1. The average molecular weight is 456 g/mol. The summed E-state index contributed by atoms with van der Waals surface area (Å²) in [5, 5.41) is 9.48. The standard InChI is InChI=1S/C24H25NO4S2/c1-14-21(24(27)29-12-17-4-2-7-28-17)22(15-6-9-30-13-15)23-18(25-14)10-16(11-19(23)26)20-5-3-8-31-20/h3,5-6,8-9,13,16-17,22,25H,2,4,7,10-12H2,1H3/t16-,17?,22-/m1/s1. The van der Waals surface area contributed by atoms with Crippen molar-refractivity contribution in [3.8, 4) is 0 Å². The first kappa shape index (κ1) is 20.7. The number of hydrogen-bond acceptors (Lipinski definition) is 7. The molecule has 1 fully saturated rings. The molecule has 2 aliphatic heterocycles. The second kappa shape index (κ2) is 8.73. The number of thiophene rings is 2. The minimum Gasteiger partial charge on any atom is -0.459 e. The number of dihydropyridines is 1. The van der Waals surface area contributed by atoms with Crippen molar-refractivity contribution < 1.29 is 19.1 Å². The topological polar surface area (TPSA) is 64.6 Å². The number of hydrogen-bond donors (Lipinski definition) is 1. The van der Waals surface area contributed by atoms with Gasteiger partial charge in [0.2, 0.25) is 0 Å². The van der Waals surface area contributed by atoms with Gasteiger partial charge in [-0.1, -0.05) is 6.07 Å². The van der Waals surface area contributed by atoms with Crippen LogP contribution in [0.4, 0.5) is 0 Å². The molecule has 0 amide bonds. The van der Waals surface area contributed by atoms with Crippen LogP contribution in [-0.4, -0.2) is 31.1 Å². The van der Waals surface area contributed by atoms with E-state index in [9.17, 15) is 9.59 Å². The summed E-state index contributed by atoms with van der Waals surface area (Å²) in [6.45, 7) is 2.89. The molecule has 1 aliphatic carbocycles. The average Bonchev–Trinajstić information content (AvgIpc) is 3.54. The Hall–Kier alpha value is -2.22. The Bertz CT molecular complexity index is 1030.